The maximum Gasteiger partial charge on any atom is 0.138 e. The molecule has 1 saturated carbocycles. The lowest BCUT2D eigenvalue weighted by Crippen LogP contribution is -2.60. The Balaban J connectivity index is 1.77. The molecule has 3 fully saturated rings. The van der Waals surface area contributed by atoms with E-state index in [4.69, 9.17) is 14.5 Å². The van der Waals surface area contributed by atoms with Gasteiger partial charge in [-0.15, -0.1) is 0 Å². The van der Waals surface area contributed by atoms with Gasteiger partial charge in [0.05, 0.1) is 36.9 Å². The van der Waals surface area contributed by atoms with Crippen LogP contribution in [-0.4, -0.2) is 71.4 Å². The lowest BCUT2D eigenvalue weighted by Gasteiger charge is -2.47. The third-order valence-corrected chi connectivity index (χ3v) is 6.03. The van der Waals surface area contributed by atoms with Gasteiger partial charge in [-0.3, -0.25) is 10.2 Å². The molecule has 7 heteroatoms. The van der Waals surface area contributed by atoms with E-state index in [1.54, 1.807) is 13.4 Å². The van der Waals surface area contributed by atoms with Crippen LogP contribution in [0.1, 0.15) is 38.4 Å². The molecule has 134 valence electrons. The second-order valence-electron chi connectivity index (χ2n) is 7.35. The first-order valence-corrected chi connectivity index (χ1v) is 9.26. The molecule has 2 saturated heterocycles. The first kappa shape index (κ1) is 16.4. The largest absolute Gasteiger partial charge is 0.380 e. The SMILES string of the molecule is COC(C)Cn1ncnc1C12CCCCC1OCCN1CCNC12. The molecule has 1 aliphatic carbocycles. The molecule has 3 aliphatic rings. The number of nitrogens with zero attached hydrogens (tertiary/aromatic N) is 4. The summed E-state index contributed by atoms with van der Waals surface area (Å²) < 4.78 is 13.9. The standard InChI is InChI=1S/C17H29N5O2/c1-13(23-2)11-22-16(19-12-20-22)17-6-4-3-5-14(17)24-10-9-21-8-7-18-15(17)21/h12-15,18H,3-11H2,1-2H3. The van der Waals surface area contributed by atoms with Crippen LogP contribution in [0.5, 0.6) is 0 Å². The second-order valence-corrected chi connectivity index (χ2v) is 7.35. The Morgan fingerprint density at radius 1 is 1.46 bits per heavy atom. The lowest BCUT2D eigenvalue weighted by atomic mass is 9.68. The summed E-state index contributed by atoms with van der Waals surface area (Å²) in [5.74, 6) is 1.07. The Morgan fingerprint density at radius 2 is 2.38 bits per heavy atom. The van der Waals surface area contributed by atoms with Crippen molar-refractivity contribution in [3.63, 3.8) is 0 Å². The third-order valence-electron chi connectivity index (χ3n) is 6.03. The minimum absolute atomic E-state index is 0.114. The van der Waals surface area contributed by atoms with Crippen molar-refractivity contribution in [2.75, 3.05) is 33.4 Å². The number of fused-ring (bicyclic) bond motifs is 3. The molecule has 2 aliphatic heterocycles. The molecule has 0 bridgehead atoms. The van der Waals surface area contributed by atoms with Crippen molar-refractivity contribution >= 4 is 0 Å². The molecule has 24 heavy (non-hydrogen) atoms. The minimum atomic E-state index is -0.116. The Morgan fingerprint density at radius 3 is 3.25 bits per heavy atom. The van der Waals surface area contributed by atoms with Crippen LogP contribution < -0.4 is 5.32 Å². The van der Waals surface area contributed by atoms with Crippen LogP contribution >= 0.6 is 0 Å². The quantitative estimate of drug-likeness (QED) is 0.876. The van der Waals surface area contributed by atoms with Crippen LogP contribution in [0.15, 0.2) is 6.33 Å². The average Bonchev–Trinajstić information content (AvgIpc) is 3.23. The predicted octanol–water partition coefficient (Wildman–Crippen LogP) is 0.755. The van der Waals surface area contributed by atoms with Crippen molar-refractivity contribution in [2.24, 2.45) is 0 Å². The Kier molecular flexibility index (Phi) is 4.60. The summed E-state index contributed by atoms with van der Waals surface area (Å²) >= 11 is 0. The molecule has 4 atom stereocenters. The fraction of sp³-hybridized carbons (Fsp3) is 0.882. The first-order chi connectivity index (χ1) is 11.8. The van der Waals surface area contributed by atoms with Crippen LogP contribution in [-0.2, 0) is 21.4 Å². The van der Waals surface area contributed by atoms with Crippen molar-refractivity contribution in [1.29, 1.82) is 0 Å². The van der Waals surface area contributed by atoms with Crippen LogP contribution in [0, 0.1) is 0 Å². The van der Waals surface area contributed by atoms with Crippen LogP contribution in [0.25, 0.3) is 0 Å². The van der Waals surface area contributed by atoms with Gasteiger partial charge in [-0.05, 0) is 19.8 Å². The molecule has 0 radical (unpaired) electrons. The molecule has 7 nitrogen and oxygen atoms in total. The number of methoxy groups -OCH3 is 1. The summed E-state index contributed by atoms with van der Waals surface area (Å²) in [5.41, 5.74) is -0.116. The molecule has 1 N–H and O–H groups in total. The second kappa shape index (κ2) is 6.71. The fourth-order valence-electron chi connectivity index (χ4n) is 4.83. The van der Waals surface area contributed by atoms with Gasteiger partial charge >= 0.3 is 0 Å². The number of nitrogens with one attached hydrogen (secondary N) is 1. The highest BCUT2D eigenvalue weighted by atomic mass is 16.5. The van der Waals surface area contributed by atoms with E-state index in [0.29, 0.717) is 6.17 Å². The maximum absolute atomic E-state index is 6.36. The number of rotatable bonds is 4. The van der Waals surface area contributed by atoms with Crippen LogP contribution in [0.4, 0.5) is 0 Å². The molecule has 0 amide bonds. The number of hydrogen-bond acceptors (Lipinski definition) is 6. The van der Waals surface area contributed by atoms with Gasteiger partial charge in [-0.1, -0.05) is 12.8 Å². The molecule has 4 rings (SSSR count). The molecular formula is C17H29N5O2. The Labute approximate surface area is 143 Å². The zero-order valence-electron chi connectivity index (χ0n) is 14.8. The normalized spacial score (nSPS) is 35.2. The third kappa shape index (κ3) is 2.58. The van der Waals surface area contributed by atoms with E-state index < -0.39 is 0 Å². The highest BCUT2D eigenvalue weighted by Gasteiger charge is 2.56. The summed E-state index contributed by atoms with van der Waals surface area (Å²) in [6, 6.07) is 0. The summed E-state index contributed by atoms with van der Waals surface area (Å²) in [4.78, 5) is 7.30. The van der Waals surface area contributed by atoms with Crippen molar-refractivity contribution in [1.82, 2.24) is 25.0 Å². The van der Waals surface area contributed by atoms with Gasteiger partial charge in [0, 0.05) is 26.7 Å². The van der Waals surface area contributed by atoms with Gasteiger partial charge < -0.3 is 9.47 Å². The van der Waals surface area contributed by atoms with Crippen molar-refractivity contribution in [3.8, 4) is 0 Å². The Bertz CT molecular complexity index is 565. The van der Waals surface area contributed by atoms with E-state index in [2.05, 4.69) is 26.9 Å². The van der Waals surface area contributed by atoms with Crippen molar-refractivity contribution in [3.05, 3.63) is 12.2 Å². The molecule has 4 unspecified atom stereocenters. The summed E-state index contributed by atoms with van der Waals surface area (Å²) in [7, 11) is 1.75. The highest BCUT2D eigenvalue weighted by molar-refractivity contribution is 5.20. The zero-order chi connectivity index (χ0) is 16.6. The van der Waals surface area contributed by atoms with E-state index in [-0.39, 0.29) is 17.6 Å². The monoisotopic (exact) mass is 335 g/mol. The topological polar surface area (TPSA) is 64.4 Å². The minimum Gasteiger partial charge on any atom is -0.380 e. The van der Waals surface area contributed by atoms with Gasteiger partial charge in [0.15, 0.2) is 0 Å². The first-order valence-electron chi connectivity index (χ1n) is 9.26. The lowest BCUT2D eigenvalue weighted by molar-refractivity contribution is -0.0332. The zero-order valence-corrected chi connectivity index (χ0v) is 14.8. The van der Waals surface area contributed by atoms with Gasteiger partial charge in [0.1, 0.15) is 12.2 Å². The molecule has 0 spiro atoms. The van der Waals surface area contributed by atoms with E-state index in [0.717, 1.165) is 51.5 Å². The molecular weight excluding hydrogens is 306 g/mol. The number of hydrogen-bond donors (Lipinski definition) is 1. The molecule has 1 aromatic heterocycles. The molecule has 0 aromatic carbocycles. The fourth-order valence-corrected chi connectivity index (χ4v) is 4.83. The predicted molar refractivity (Wildman–Crippen MR) is 89.7 cm³/mol. The summed E-state index contributed by atoms with van der Waals surface area (Å²) in [6.45, 7) is 6.75. The van der Waals surface area contributed by atoms with E-state index >= 15 is 0 Å². The van der Waals surface area contributed by atoms with E-state index in [1.807, 2.05) is 0 Å². The van der Waals surface area contributed by atoms with Crippen molar-refractivity contribution < 1.29 is 9.47 Å². The van der Waals surface area contributed by atoms with Gasteiger partial charge in [0.2, 0.25) is 0 Å². The smallest absolute Gasteiger partial charge is 0.138 e. The highest BCUT2D eigenvalue weighted by Crippen LogP contribution is 2.46. The van der Waals surface area contributed by atoms with E-state index in [1.165, 1.54) is 12.8 Å². The molecule has 1 aromatic rings. The van der Waals surface area contributed by atoms with Gasteiger partial charge in [-0.25, -0.2) is 9.67 Å². The van der Waals surface area contributed by atoms with Gasteiger partial charge in [-0.2, -0.15) is 5.10 Å². The van der Waals surface area contributed by atoms with E-state index in [9.17, 15) is 0 Å². The summed E-state index contributed by atoms with van der Waals surface area (Å²) in [5, 5.41) is 8.29. The van der Waals surface area contributed by atoms with Gasteiger partial charge in [0.25, 0.3) is 0 Å². The van der Waals surface area contributed by atoms with Crippen LogP contribution in [0.3, 0.4) is 0 Å². The average molecular weight is 335 g/mol. The summed E-state index contributed by atoms with van der Waals surface area (Å²) in [6.07, 6.45) is 7.00. The number of ether oxygens (including phenoxy) is 2. The van der Waals surface area contributed by atoms with Crippen molar-refractivity contribution in [2.45, 2.75) is 62.9 Å². The number of aromatic nitrogens is 3. The Hall–Kier alpha value is -1.02. The maximum atomic E-state index is 6.36. The molecule has 3 heterocycles. The van der Waals surface area contributed by atoms with Crippen LogP contribution in [0.2, 0.25) is 0 Å².